The molecule has 9 nitrogen and oxygen atoms in total. The number of methoxy groups -OCH3 is 2. The summed E-state index contributed by atoms with van der Waals surface area (Å²) < 4.78 is 17.8. The van der Waals surface area contributed by atoms with Crippen molar-refractivity contribution in [2.75, 3.05) is 20.0 Å². The average Bonchev–Trinajstić information content (AvgIpc) is 3.46. The van der Waals surface area contributed by atoms with Crippen LogP contribution in [0.25, 0.3) is 17.5 Å². The fourth-order valence-corrected chi connectivity index (χ4v) is 3.50. The molecule has 0 aliphatic carbocycles. The Balaban J connectivity index is 1.60. The van der Waals surface area contributed by atoms with E-state index < -0.39 is 0 Å². The van der Waals surface area contributed by atoms with E-state index in [0.29, 0.717) is 34.8 Å². The number of ether oxygens (including phenoxy) is 2. The quantitative estimate of drug-likeness (QED) is 0.292. The van der Waals surface area contributed by atoms with Crippen molar-refractivity contribution in [1.29, 1.82) is 0 Å². The monoisotopic (exact) mass is 441 g/mol. The highest BCUT2D eigenvalue weighted by atomic mass is 32.2. The van der Waals surface area contributed by atoms with Crippen LogP contribution in [0.2, 0.25) is 0 Å². The van der Waals surface area contributed by atoms with Crippen LogP contribution in [0, 0.1) is 0 Å². The van der Waals surface area contributed by atoms with Crippen molar-refractivity contribution < 1.29 is 18.7 Å². The number of aromatic nitrogens is 3. The number of carbonyl (C=O) groups excluding carboxylic acids is 1. The second kappa shape index (κ2) is 11.0. The zero-order chi connectivity index (χ0) is 22.1. The van der Waals surface area contributed by atoms with Gasteiger partial charge in [0.25, 0.3) is 5.91 Å². The van der Waals surface area contributed by atoms with Crippen molar-refractivity contribution in [3.05, 3.63) is 48.4 Å². The number of benzene rings is 1. The summed E-state index contributed by atoms with van der Waals surface area (Å²) in [5.74, 6) is 2.55. The molecule has 3 aromatic rings. The molecule has 0 fully saturated rings. The number of carbonyl (C=O) groups is 1. The van der Waals surface area contributed by atoms with Crippen LogP contribution in [-0.4, -0.2) is 46.9 Å². The first-order valence-electron chi connectivity index (χ1n) is 9.46. The van der Waals surface area contributed by atoms with E-state index in [1.165, 1.54) is 18.0 Å². The molecule has 31 heavy (non-hydrogen) atoms. The van der Waals surface area contributed by atoms with Gasteiger partial charge in [0, 0.05) is 18.3 Å². The summed E-state index contributed by atoms with van der Waals surface area (Å²) in [4.78, 5) is 12.1. The van der Waals surface area contributed by atoms with Gasteiger partial charge in [-0.1, -0.05) is 11.8 Å². The first-order valence-corrected chi connectivity index (χ1v) is 10.4. The van der Waals surface area contributed by atoms with E-state index in [9.17, 15) is 4.79 Å². The molecule has 2 heterocycles. The summed E-state index contributed by atoms with van der Waals surface area (Å²) in [5, 5.41) is 13.1. The lowest BCUT2D eigenvalue weighted by Gasteiger charge is -2.10. The van der Waals surface area contributed by atoms with Crippen LogP contribution in [0.3, 0.4) is 0 Å². The molecule has 162 valence electrons. The fourth-order valence-electron chi connectivity index (χ4n) is 2.71. The number of nitrogens with zero attached hydrogens (tertiary/aromatic N) is 4. The molecule has 0 unspecified atom stereocenters. The highest BCUT2D eigenvalue weighted by Crippen LogP contribution is 2.32. The molecule has 0 saturated heterocycles. The molecule has 0 aliphatic rings. The highest BCUT2D eigenvalue weighted by molar-refractivity contribution is 7.99. The Hall–Kier alpha value is -3.53. The summed E-state index contributed by atoms with van der Waals surface area (Å²) in [6.07, 6.45) is 6.48. The van der Waals surface area contributed by atoms with Crippen LogP contribution in [-0.2, 0) is 11.3 Å². The van der Waals surface area contributed by atoms with Gasteiger partial charge in [-0.2, -0.15) is 5.10 Å². The third kappa shape index (κ3) is 5.76. The Bertz CT molecular complexity index is 1060. The van der Waals surface area contributed by atoms with Crippen LogP contribution >= 0.6 is 11.8 Å². The van der Waals surface area contributed by atoms with Gasteiger partial charge in [0.15, 0.2) is 22.5 Å². The Morgan fingerprint density at radius 1 is 1.26 bits per heavy atom. The van der Waals surface area contributed by atoms with Gasteiger partial charge in [-0.25, -0.2) is 5.43 Å². The van der Waals surface area contributed by atoms with Crippen molar-refractivity contribution in [3.63, 3.8) is 0 Å². The van der Waals surface area contributed by atoms with Gasteiger partial charge >= 0.3 is 0 Å². The summed E-state index contributed by atoms with van der Waals surface area (Å²) in [6, 6.07) is 9.17. The van der Waals surface area contributed by atoms with Gasteiger partial charge in [0.2, 0.25) is 0 Å². The molecule has 1 amide bonds. The minimum atomic E-state index is -0.244. The minimum absolute atomic E-state index is 0.156. The van der Waals surface area contributed by atoms with E-state index in [4.69, 9.17) is 13.9 Å². The molecule has 0 saturated carbocycles. The predicted molar refractivity (Wildman–Crippen MR) is 119 cm³/mol. The number of rotatable bonds is 10. The number of thioether (sulfide) groups is 1. The Labute approximate surface area is 184 Å². The zero-order valence-electron chi connectivity index (χ0n) is 17.4. The Morgan fingerprint density at radius 3 is 2.81 bits per heavy atom. The molecule has 0 bridgehead atoms. The van der Waals surface area contributed by atoms with Gasteiger partial charge in [-0.05, 0) is 49.4 Å². The largest absolute Gasteiger partial charge is 0.493 e. The molecule has 3 rings (SSSR count). The normalized spacial score (nSPS) is 11.3. The van der Waals surface area contributed by atoms with Crippen LogP contribution < -0.4 is 14.9 Å². The molecule has 1 N–H and O–H groups in total. The lowest BCUT2D eigenvalue weighted by atomic mass is 10.2. The smallest absolute Gasteiger partial charge is 0.250 e. The van der Waals surface area contributed by atoms with E-state index in [-0.39, 0.29) is 11.7 Å². The molecular weight excluding hydrogens is 418 g/mol. The first-order chi connectivity index (χ1) is 15.2. The molecule has 0 aliphatic heterocycles. The van der Waals surface area contributed by atoms with Crippen LogP contribution in [0.5, 0.6) is 11.5 Å². The zero-order valence-corrected chi connectivity index (χ0v) is 18.3. The summed E-state index contributed by atoms with van der Waals surface area (Å²) in [7, 11) is 3.17. The van der Waals surface area contributed by atoms with Crippen LogP contribution in [0.15, 0.2) is 57.3 Å². The van der Waals surface area contributed by atoms with E-state index in [0.717, 1.165) is 5.56 Å². The maximum absolute atomic E-state index is 12.1. The third-order valence-corrected chi connectivity index (χ3v) is 5.13. The predicted octanol–water partition coefficient (Wildman–Crippen LogP) is 3.48. The first kappa shape index (κ1) is 22.2. The van der Waals surface area contributed by atoms with E-state index in [1.807, 2.05) is 35.8 Å². The number of hydrogen-bond acceptors (Lipinski definition) is 8. The van der Waals surface area contributed by atoms with E-state index in [2.05, 4.69) is 20.7 Å². The summed E-state index contributed by atoms with van der Waals surface area (Å²) in [5.41, 5.74) is 3.32. The van der Waals surface area contributed by atoms with Crippen molar-refractivity contribution >= 4 is 30.0 Å². The Morgan fingerprint density at radius 2 is 2.10 bits per heavy atom. The second-order valence-electron chi connectivity index (χ2n) is 6.10. The van der Waals surface area contributed by atoms with Crippen molar-refractivity contribution in [2.45, 2.75) is 18.6 Å². The minimum Gasteiger partial charge on any atom is -0.493 e. The van der Waals surface area contributed by atoms with Crippen molar-refractivity contribution in [2.24, 2.45) is 5.10 Å². The molecule has 0 spiro atoms. The molecule has 10 heteroatoms. The summed E-state index contributed by atoms with van der Waals surface area (Å²) >= 11 is 1.29. The molecule has 0 atom stereocenters. The topological polar surface area (TPSA) is 104 Å². The standard InChI is InChI=1S/C21H23N5O4S/c1-4-26-20(15-9-10-17(28-2)18(13-15)29-3)24-25-21(26)31-14-19(27)23-22-11-5-7-16-8-6-12-30-16/h5-13H,4,14H2,1-3H3,(H,23,27)/b7-5+,22-11-. The van der Waals surface area contributed by atoms with Gasteiger partial charge in [-0.15, -0.1) is 10.2 Å². The lowest BCUT2D eigenvalue weighted by Crippen LogP contribution is -2.19. The maximum Gasteiger partial charge on any atom is 0.250 e. The van der Waals surface area contributed by atoms with Crippen molar-refractivity contribution in [3.8, 4) is 22.9 Å². The number of hydrogen-bond donors (Lipinski definition) is 1. The SMILES string of the molecule is CCn1c(SCC(=O)N/N=C\C=C\c2ccco2)nnc1-c1ccc(OC)c(OC)c1. The molecule has 0 radical (unpaired) electrons. The van der Waals surface area contributed by atoms with Gasteiger partial charge in [0.1, 0.15) is 5.76 Å². The number of allylic oxidation sites excluding steroid dienone is 1. The average molecular weight is 442 g/mol. The third-order valence-electron chi connectivity index (χ3n) is 4.16. The Kier molecular flexibility index (Phi) is 7.88. The molecule has 1 aromatic carbocycles. The van der Waals surface area contributed by atoms with Crippen LogP contribution in [0.1, 0.15) is 12.7 Å². The lowest BCUT2D eigenvalue weighted by molar-refractivity contribution is -0.118. The summed E-state index contributed by atoms with van der Waals surface area (Å²) in [6.45, 7) is 2.64. The number of nitrogens with one attached hydrogen (secondary N) is 1. The number of hydrazone groups is 1. The number of amides is 1. The van der Waals surface area contributed by atoms with Gasteiger partial charge in [-0.3, -0.25) is 4.79 Å². The van der Waals surface area contributed by atoms with Gasteiger partial charge < -0.3 is 18.5 Å². The fraction of sp³-hybridized carbons (Fsp3) is 0.238. The second-order valence-corrected chi connectivity index (χ2v) is 7.04. The van der Waals surface area contributed by atoms with Crippen molar-refractivity contribution in [1.82, 2.24) is 20.2 Å². The molecule has 2 aromatic heterocycles. The van der Waals surface area contributed by atoms with E-state index >= 15 is 0 Å². The highest BCUT2D eigenvalue weighted by Gasteiger charge is 2.16. The van der Waals surface area contributed by atoms with Gasteiger partial charge in [0.05, 0.1) is 26.2 Å². The maximum atomic E-state index is 12.1. The van der Waals surface area contributed by atoms with Crippen LogP contribution in [0.4, 0.5) is 0 Å². The molecular formula is C21H23N5O4S. The van der Waals surface area contributed by atoms with E-state index in [1.54, 1.807) is 38.7 Å². The number of furan rings is 1.